The summed E-state index contributed by atoms with van der Waals surface area (Å²) >= 11 is 0. The standard InChI is InChI=1S/C13H18N2O4/c1-3-13(4-2,12(16)17)14-9-10-7-5-6-8-11(10)15(18)19/h5-8,14H,3-4,9H2,1-2H3,(H,16,17). The molecule has 6 heteroatoms. The van der Waals surface area contributed by atoms with Gasteiger partial charge in [-0.1, -0.05) is 32.0 Å². The van der Waals surface area contributed by atoms with Crippen LogP contribution in [0.15, 0.2) is 24.3 Å². The second kappa shape index (κ2) is 6.29. The topological polar surface area (TPSA) is 92.5 Å². The normalized spacial score (nSPS) is 11.3. The van der Waals surface area contributed by atoms with E-state index in [9.17, 15) is 20.0 Å². The summed E-state index contributed by atoms with van der Waals surface area (Å²) in [4.78, 5) is 21.7. The highest BCUT2D eigenvalue weighted by molar-refractivity contribution is 5.78. The number of hydrogen-bond acceptors (Lipinski definition) is 4. The number of carboxylic acid groups (broad SMARTS) is 1. The van der Waals surface area contributed by atoms with E-state index in [4.69, 9.17) is 0 Å². The van der Waals surface area contributed by atoms with Gasteiger partial charge in [0.25, 0.3) is 5.69 Å². The highest BCUT2D eigenvalue weighted by Gasteiger charge is 2.34. The predicted octanol–water partition coefficient (Wildman–Crippen LogP) is 2.33. The number of rotatable bonds is 7. The van der Waals surface area contributed by atoms with Crippen molar-refractivity contribution in [3.8, 4) is 0 Å². The van der Waals surface area contributed by atoms with Gasteiger partial charge in [-0.15, -0.1) is 0 Å². The zero-order valence-corrected chi connectivity index (χ0v) is 11.0. The van der Waals surface area contributed by atoms with Gasteiger partial charge in [0.15, 0.2) is 0 Å². The number of aliphatic carboxylic acids is 1. The average Bonchev–Trinajstić information content (AvgIpc) is 2.40. The summed E-state index contributed by atoms with van der Waals surface area (Å²) < 4.78 is 0. The Hall–Kier alpha value is -1.95. The first-order chi connectivity index (χ1) is 8.96. The fourth-order valence-electron chi connectivity index (χ4n) is 1.98. The Labute approximate surface area is 111 Å². The summed E-state index contributed by atoms with van der Waals surface area (Å²) in [6.07, 6.45) is 0.832. The number of nitrogens with one attached hydrogen (secondary N) is 1. The quantitative estimate of drug-likeness (QED) is 0.583. The maximum absolute atomic E-state index is 11.3. The molecule has 1 aromatic rings. The maximum atomic E-state index is 11.3. The first-order valence-electron chi connectivity index (χ1n) is 6.17. The van der Waals surface area contributed by atoms with Gasteiger partial charge >= 0.3 is 5.97 Å². The molecule has 104 valence electrons. The van der Waals surface area contributed by atoms with E-state index in [1.165, 1.54) is 6.07 Å². The molecule has 6 nitrogen and oxygen atoms in total. The third kappa shape index (κ3) is 3.29. The Morgan fingerprint density at radius 2 is 1.95 bits per heavy atom. The van der Waals surface area contributed by atoms with E-state index in [-0.39, 0.29) is 12.2 Å². The van der Waals surface area contributed by atoms with E-state index in [0.29, 0.717) is 18.4 Å². The second-order valence-corrected chi connectivity index (χ2v) is 4.33. The predicted molar refractivity (Wildman–Crippen MR) is 70.9 cm³/mol. The summed E-state index contributed by atoms with van der Waals surface area (Å²) in [7, 11) is 0. The van der Waals surface area contributed by atoms with Crippen LogP contribution in [0.25, 0.3) is 0 Å². The van der Waals surface area contributed by atoms with Crippen LogP contribution in [0.5, 0.6) is 0 Å². The first-order valence-corrected chi connectivity index (χ1v) is 6.17. The Kier molecular flexibility index (Phi) is 5.00. The molecule has 19 heavy (non-hydrogen) atoms. The van der Waals surface area contributed by atoms with E-state index in [2.05, 4.69) is 5.32 Å². The molecule has 1 aromatic carbocycles. The van der Waals surface area contributed by atoms with Crippen molar-refractivity contribution >= 4 is 11.7 Å². The lowest BCUT2D eigenvalue weighted by molar-refractivity contribution is -0.385. The van der Waals surface area contributed by atoms with E-state index in [1.807, 2.05) is 0 Å². The molecule has 0 radical (unpaired) electrons. The number of para-hydroxylation sites is 1. The molecule has 0 amide bonds. The minimum Gasteiger partial charge on any atom is -0.480 e. The van der Waals surface area contributed by atoms with E-state index in [0.717, 1.165) is 0 Å². The van der Waals surface area contributed by atoms with Gasteiger partial charge in [-0.3, -0.25) is 20.2 Å². The number of nitro groups is 1. The fourth-order valence-corrected chi connectivity index (χ4v) is 1.98. The van der Waals surface area contributed by atoms with Gasteiger partial charge in [0.05, 0.1) is 4.92 Å². The van der Waals surface area contributed by atoms with Crippen LogP contribution in [0.2, 0.25) is 0 Å². The third-order valence-corrected chi connectivity index (χ3v) is 3.42. The Morgan fingerprint density at radius 3 is 2.42 bits per heavy atom. The number of carboxylic acids is 1. The van der Waals surface area contributed by atoms with E-state index < -0.39 is 16.4 Å². The lowest BCUT2D eigenvalue weighted by Crippen LogP contribution is -2.50. The summed E-state index contributed by atoms with van der Waals surface area (Å²) in [5.74, 6) is -0.934. The zero-order valence-electron chi connectivity index (χ0n) is 11.0. The van der Waals surface area contributed by atoms with Crippen LogP contribution in [0.3, 0.4) is 0 Å². The highest BCUT2D eigenvalue weighted by atomic mass is 16.6. The summed E-state index contributed by atoms with van der Waals surface area (Å²) in [5.41, 5.74) is -0.550. The maximum Gasteiger partial charge on any atom is 0.323 e. The van der Waals surface area contributed by atoms with Gasteiger partial charge in [0.1, 0.15) is 5.54 Å². The first kappa shape index (κ1) is 15.1. The Morgan fingerprint density at radius 1 is 1.37 bits per heavy atom. The van der Waals surface area contributed by atoms with Crippen LogP contribution in [-0.4, -0.2) is 21.5 Å². The molecular weight excluding hydrogens is 248 g/mol. The van der Waals surface area contributed by atoms with Crippen molar-refractivity contribution in [2.75, 3.05) is 0 Å². The molecular formula is C13H18N2O4. The van der Waals surface area contributed by atoms with Crippen molar-refractivity contribution in [1.82, 2.24) is 5.32 Å². The van der Waals surface area contributed by atoms with Crippen molar-refractivity contribution in [3.63, 3.8) is 0 Å². The zero-order chi connectivity index (χ0) is 14.5. The second-order valence-electron chi connectivity index (χ2n) is 4.33. The molecule has 0 saturated heterocycles. The van der Waals surface area contributed by atoms with Crippen LogP contribution in [0.4, 0.5) is 5.69 Å². The van der Waals surface area contributed by atoms with Gasteiger partial charge in [-0.25, -0.2) is 0 Å². The minimum absolute atomic E-state index is 0.00138. The highest BCUT2D eigenvalue weighted by Crippen LogP contribution is 2.21. The molecule has 0 aliphatic heterocycles. The summed E-state index contributed by atoms with van der Waals surface area (Å²) in [6.45, 7) is 3.72. The van der Waals surface area contributed by atoms with Crippen LogP contribution >= 0.6 is 0 Å². The van der Waals surface area contributed by atoms with Crippen LogP contribution in [-0.2, 0) is 11.3 Å². The minimum atomic E-state index is -1.04. The summed E-state index contributed by atoms with van der Waals surface area (Å²) in [5, 5.41) is 23.1. The average molecular weight is 266 g/mol. The molecule has 0 bridgehead atoms. The van der Waals surface area contributed by atoms with Crippen molar-refractivity contribution < 1.29 is 14.8 Å². The van der Waals surface area contributed by atoms with Gasteiger partial charge in [0.2, 0.25) is 0 Å². The van der Waals surface area contributed by atoms with E-state index >= 15 is 0 Å². The molecule has 1 rings (SSSR count). The van der Waals surface area contributed by atoms with Gasteiger partial charge < -0.3 is 5.11 Å². The third-order valence-electron chi connectivity index (χ3n) is 3.42. The molecule has 0 aliphatic rings. The Balaban J connectivity index is 2.92. The Bertz CT molecular complexity index is 469. The molecule has 2 N–H and O–H groups in total. The van der Waals surface area contributed by atoms with Crippen molar-refractivity contribution in [1.29, 1.82) is 0 Å². The fraction of sp³-hybridized carbons (Fsp3) is 0.462. The molecule has 0 unspecified atom stereocenters. The lowest BCUT2D eigenvalue weighted by atomic mass is 9.92. The molecule has 0 aromatic heterocycles. The van der Waals surface area contributed by atoms with Crippen LogP contribution < -0.4 is 5.32 Å². The van der Waals surface area contributed by atoms with Gasteiger partial charge in [-0.2, -0.15) is 0 Å². The van der Waals surface area contributed by atoms with Crippen molar-refractivity contribution in [3.05, 3.63) is 39.9 Å². The number of nitro benzene ring substituents is 1. The molecule has 0 heterocycles. The lowest BCUT2D eigenvalue weighted by Gasteiger charge is -2.28. The molecule has 0 atom stereocenters. The number of carbonyl (C=O) groups is 1. The van der Waals surface area contributed by atoms with Gasteiger partial charge in [0, 0.05) is 18.2 Å². The SMILES string of the molecule is CCC(CC)(NCc1ccccc1[N+](=O)[O-])C(=O)O. The molecule has 0 spiro atoms. The van der Waals surface area contributed by atoms with Crippen molar-refractivity contribution in [2.24, 2.45) is 0 Å². The van der Waals surface area contributed by atoms with Gasteiger partial charge in [-0.05, 0) is 12.8 Å². The number of nitrogens with zero attached hydrogens (tertiary/aromatic N) is 1. The largest absolute Gasteiger partial charge is 0.480 e. The number of hydrogen-bond donors (Lipinski definition) is 2. The van der Waals surface area contributed by atoms with Crippen molar-refractivity contribution in [2.45, 2.75) is 38.8 Å². The molecule has 0 fully saturated rings. The monoisotopic (exact) mass is 266 g/mol. The smallest absolute Gasteiger partial charge is 0.323 e. The molecule has 0 saturated carbocycles. The molecule has 0 aliphatic carbocycles. The van der Waals surface area contributed by atoms with Crippen LogP contribution in [0, 0.1) is 10.1 Å². The van der Waals surface area contributed by atoms with E-state index in [1.54, 1.807) is 32.0 Å². The summed E-state index contributed by atoms with van der Waals surface area (Å²) in [6, 6.07) is 6.33. The number of benzene rings is 1. The van der Waals surface area contributed by atoms with Crippen LogP contribution in [0.1, 0.15) is 32.3 Å².